The van der Waals surface area contributed by atoms with E-state index in [9.17, 15) is 4.79 Å². The fourth-order valence-corrected chi connectivity index (χ4v) is 1.75. The van der Waals surface area contributed by atoms with Crippen LogP contribution in [-0.4, -0.2) is 38.9 Å². The quantitative estimate of drug-likeness (QED) is 0.695. The first-order chi connectivity index (χ1) is 9.20. The first-order valence-corrected chi connectivity index (χ1v) is 6.45. The third-order valence-corrected chi connectivity index (χ3v) is 2.64. The summed E-state index contributed by atoms with van der Waals surface area (Å²) in [6, 6.07) is 0. The van der Waals surface area contributed by atoms with Gasteiger partial charge in [0, 0.05) is 19.5 Å². The topological polar surface area (TPSA) is 95.6 Å². The molecule has 2 aromatic heterocycles. The van der Waals surface area contributed by atoms with E-state index >= 15 is 0 Å². The molecule has 102 valence electrons. The maximum atomic E-state index is 11.4. The van der Waals surface area contributed by atoms with Gasteiger partial charge in [-0.2, -0.15) is 9.97 Å². The van der Waals surface area contributed by atoms with E-state index in [1.165, 1.54) is 6.33 Å². The molecule has 0 aliphatic rings. The number of H-pyrrole nitrogens is 1. The SMILES string of the molecule is CCCNC(=O)CCNc1nc(Cl)nc2nc[nH]c12. The zero-order valence-corrected chi connectivity index (χ0v) is 11.3. The van der Waals surface area contributed by atoms with Gasteiger partial charge in [-0.15, -0.1) is 0 Å². The van der Waals surface area contributed by atoms with Crippen LogP contribution in [0, 0.1) is 0 Å². The Labute approximate surface area is 115 Å². The second-order valence-corrected chi connectivity index (χ2v) is 4.31. The molecule has 7 nitrogen and oxygen atoms in total. The lowest BCUT2D eigenvalue weighted by molar-refractivity contribution is -0.120. The minimum atomic E-state index is 0.00959. The van der Waals surface area contributed by atoms with Gasteiger partial charge in [0.1, 0.15) is 5.52 Å². The van der Waals surface area contributed by atoms with E-state index in [0.717, 1.165) is 6.42 Å². The van der Waals surface area contributed by atoms with Crippen LogP contribution in [0.5, 0.6) is 0 Å². The van der Waals surface area contributed by atoms with Crippen molar-refractivity contribution < 1.29 is 4.79 Å². The molecular formula is C11H15ClN6O. The van der Waals surface area contributed by atoms with Gasteiger partial charge in [0.2, 0.25) is 11.2 Å². The highest BCUT2D eigenvalue weighted by atomic mass is 35.5. The van der Waals surface area contributed by atoms with Crippen LogP contribution >= 0.6 is 11.6 Å². The van der Waals surface area contributed by atoms with Crippen LogP contribution in [-0.2, 0) is 4.79 Å². The number of fused-ring (bicyclic) bond motifs is 1. The summed E-state index contributed by atoms with van der Waals surface area (Å²) < 4.78 is 0. The monoisotopic (exact) mass is 282 g/mol. The van der Waals surface area contributed by atoms with E-state index in [2.05, 4.69) is 30.6 Å². The Morgan fingerprint density at radius 2 is 2.26 bits per heavy atom. The number of carbonyl (C=O) groups excluding carboxylic acids is 1. The van der Waals surface area contributed by atoms with Crippen LogP contribution in [0.15, 0.2) is 6.33 Å². The zero-order chi connectivity index (χ0) is 13.7. The van der Waals surface area contributed by atoms with Crippen LogP contribution in [0.2, 0.25) is 5.28 Å². The Hall–Kier alpha value is -1.89. The number of hydrogen-bond acceptors (Lipinski definition) is 5. The highest BCUT2D eigenvalue weighted by Crippen LogP contribution is 2.18. The number of anilines is 1. The number of aromatic nitrogens is 4. The molecule has 8 heteroatoms. The van der Waals surface area contributed by atoms with Crippen LogP contribution in [0.3, 0.4) is 0 Å². The minimum Gasteiger partial charge on any atom is -0.368 e. The molecule has 0 aliphatic carbocycles. The van der Waals surface area contributed by atoms with E-state index in [4.69, 9.17) is 11.6 Å². The molecule has 0 spiro atoms. The molecule has 0 fully saturated rings. The van der Waals surface area contributed by atoms with Gasteiger partial charge in [-0.3, -0.25) is 4.79 Å². The number of amides is 1. The third kappa shape index (κ3) is 3.54. The number of carbonyl (C=O) groups is 1. The van der Waals surface area contributed by atoms with Crippen LogP contribution < -0.4 is 10.6 Å². The Bertz CT molecular complexity index is 569. The highest BCUT2D eigenvalue weighted by Gasteiger charge is 2.08. The van der Waals surface area contributed by atoms with Crippen LogP contribution in [0.1, 0.15) is 19.8 Å². The van der Waals surface area contributed by atoms with Crippen molar-refractivity contribution in [1.82, 2.24) is 25.3 Å². The molecule has 0 unspecified atom stereocenters. The molecule has 0 saturated carbocycles. The van der Waals surface area contributed by atoms with Crippen molar-refractivity contribution in [2.45, 2.75) is 19.8 Å². The molecule has 0 aliphatic heterocycles. The number of imidazole rings is 1. The van der Waals surface area contributed by atoms with E-state index < -0.39 is 0 Å². The predicted octanol–water partition coefficient (Wildman–Crippen LogP) is 1.33. The number of rotatable bonds is 6. The lowest BCUT2D eigenvalue weighted by Gasteiger charge is -2.07. The Balaban J connectivity index is 1.94. The lowest BCUT2D eigenvalue weighted by atomic mass is 10.3. The lowest BCUT2D eigenvalue weighted by Crippen LogP contribution is -2.26. The van der Waals surface area contributed by atoms with Gasteiger partial charge in [-0.25, -0.2) is 4.98 Å². The number of nitrogens with zero attached hydrogens (tertiary/aromatic N) is 3. The van der Waals surface area contributed by atoms with Crippen molar-refractivity contribution in [2.75, 3.05) is 18.4 Å². The van der Waals surface area contributed by atoms with Crippen molar-refractivity contribution in [1.29, 1.82) is 0 Å². The van der Waals surface area contributed by atoms with Gasteiger partial charge in [-0.1, -0.05) is 6.92 Å². The molecule has 3 N–H and O–H groups in total. The highest BCUT2D eigenvalue weighted by molar-refractivity contribution is 6.28. The second kappa shape index (κ2) is 6.33. The van der Waals surface area contributed by atoms with Gasteiger partial charge in [0.05, 0.1) is 6.33 Å². The number of nitrogens with one attached hydrogen (secondary N) is 3. The van der Waals surface area contributed by atoms with Crippen molar-refractivity contribution in [3.05, 3.63) is 11.6 Å². The van der Waals surface area contributed by atoms with Gasteiger partial charge < -0.3 is 15.6 Å². The first-order valence-electron chi connectivity index (χ1n) is 6.08. The summed E-state index contributed by atoms with van der Waals surface area (Å²) in [5.41, 5.74) is 1.18. The number of halogens is 1. The van der Waals surface area contributed by atoms with E-state index in [1.807, 2.05) is 6.92 Å². The summed E-state index contributed by atoms with van der Waals surface area (Å²) in [6.07, 6.45) is 2.82. The first kappa shape index (κ1) is 13.5. The van der Waals surface area contributed by atoms with Gasteiger partial charge >= 0.3 is 0 Å². The fraction of sp³-hybridized carbons (Fsp3) is 0.455. The Morgan fingerprint density at radius 1 is 1.42 bits per heavy atom. The van der Waals surface area contributed by atoms with E-state index in [1.54, 1.807) is 0 Å². The van der Waals surface area contributed by atoms with Crippen LogP contribution in [0.25, 0.3) is 11.2 Å². The molecule has 0 aromatic carbocycles. The zero-order valence-electron chi connectivity index (χ0n) is 10.5. The Kier molecular flexibility index (Phi) is 4.51. The van der Waals surface area contributed by atoms with Crippen LogP contribution in [0.4, 0.5) is 5.82 Å². The van der Waals surface area contributed by atoms with Gasteiger partial charge in [-0.05, 0) is 18.0 Å². The summed E-state index contributed by atoms with van der Waals surface area (Å²) in [4.78, 5) is 26.4. The average molecular weight is 283 g/mol. The average Bonchev–Trinajstić information content (AvgIpc) is 2.84. The Morgan fingerprint density at radius 3 is 3.05 bits per heavy atom. The molecule has 2 rings (SSSR count). The largest absolute Gasteiger partial charge is 0.368 e. The standard InChI is InChI=1S/C11H15ClN6O/c1-2-4-13-7(19)3-5-14-9-8-10(16-6-15-8)18-11(12)17-9/h6H,2-5H2,1H3,(H,13,19)(H2,14,15,16,17,18). The molecule has 1 amide bonds. The van der Waals surface area contributed by atoms with Crippen molar-refractivity contribution in [3.8, 4) is 0 Å². The van der Waals surface area contributed by atoms with E-state index in [-0.39, 0.29) is 11.2 Å². The summed E-state index contributed by atoms with van der Waals surface area (Å²) in [5, 5.41) is 5.98. The molecule has 2 aromatic rings. The molecule has 0 bridgehead atoms. The summed E-state index contributed by atoms with van der Waals surface area (Å²) in [5.74, 6) is 0.561. The normalized spacial score (nSPS) is 10.6. The molecule has 0 radical (unpaired) electrons. The molecular weight excluding hydrogens is 268 g/mol. The molecule has 0 saturated heterocycles. The molecule has 19 heavy (non-hydrogen) atoms. The van der Waals surface area contributed by atoms with Gasteiger partial charge in [0.15, 0.2) is 11.5 Å². The summed E-state index contributed by atoms with van der Waals surface area (Å²) >= 11 is 5.80. The fourth-order valence-electron chi connectivity index (χ4n) is 1.58. The minimum absolute atomic E-state index is 0.00959. The van der Waals surface area contributed by atoms with E-state index in [0.29, 0.717) is 36.5 Å². The van der Waals surface area contributed by atoms with Crippen molar-refractivity contribution >= 4 is 34.5 Å². The summed E-state index contributed by atoms with van der Waals surface area (Å²) in [6.45, 7) is 3.18. The summed E-state index contributed by atoms with van der Waals surface area (Å²) in [7, 11) is 0. The number of aromatic amines is 1. The smallest absolute Gasteiger partial charge is 0.226 e. The van der Waals surface area contributed by atoms with Crippen molar-refractivity contribution in [2.24, 2.45) is 0 Å². The van der Waals surface area contributed by atoms with Gasteiger partial charge in [0.25, 0.3) is 0 Å². The molecule has 2 heterocycles. The van der Waals surface area contributed by atoms with Crippen molar-refractivity contribution in [3.63, 3.8) is 0 Å². The third-order valence-electron chi connectivity index (χ3n) is 2.48. The maximum absolute atomic E-state index is 11.4. The number of hydrogen-bond donors (Lipinski definition) is 3. The molecule has 0 atom stereocenters. The predicted molar refractivity (Wildman–Crippen MR) is 73.1 cm³/mol. The maximum Gasteiger partial charge on any atom is 0.226 e. The second-order valence-electron chi connectivity index (χ2n) is 3.97.